The van der Waals surface area contributed by atoms with Crippen molar-refractivity contribution in [3.05, 3.63) is 68.7 Å². The minimum Gasteiger partial charge on any atom is -0.468 e. The number of carbonyl (C=O) groups is 3. The van der Waals surface area contributed by atoms with E-state index in [1.54, 1.807) is 0 Å². The number of fused-ring (bicyclic) bond motifs is 7. The van der Waals surface area contributed by atoms with E-state index in [2.05, 4.69) is 101 Å². The summed E-state index contributed by atoms with van der Waals surface area (Å²) in [6.45, 7) is 23.8. The highest BCUT2D eigenvalue weighted by Crippen LogP contribution is 2.49. The van der Waals surface area contributed by atoms with Crippen LogP contribution in [0.15, 0.2) is 46.2 Å². The third-order valence-corrected chi connectivity index (χ3v) is 16.2. The number of H-pyrrole nitrogens is 1. The maximum atomic E-state index is 14.5. The van der Waals surface area contributed by atoms with Crippen LogP contribution in [0.2, 0.25) is 0 Å². The van der Waals surface area contributed by atoms with Crippen LogP contribution < -0.4 is 16.0 Å². The predicted molar refractivity (Wildman–Crippen MR) is 260 cm³/mol. The number of methoxy groups -OCH3 is 1. The largest absolute Gasteiger partial charge is 0.468 e. The Balaban J connectivity index is 1.06. The standard InChI is InChI=1S/C55H82N4O6/c1-12-38-34(7)40-28-45-48(46-29-65-46)36(9)42(57-45)26-41-35(8)39(52(58-41)50-51(55(62)63-11)54(61)49-37(10)43(59-53(49)50)27-44(38)56-40)22-23-47(60)64-25-24-33(6)21-15-20-32(5)19-14-18-31(4)17-13-16-30(2)3/h26-28,30-35,38-39,45-46,48,51,56-59H,12-25,29H2,1-11H3/b40-28-,41-26-,44-27-,52-50-/t31-,32-,33?,34-,35+,38-,39+,45?,46+,48-,51-/m1/s1. The number of carbonyl (C=O) groups excluding carboxylic acids is 3. The van der Waals surface area contributed by atoms with E-state index in [0.717, 1.165) is 77.7 Å². The van der Waals surface area contributed by atoms with Crippen LogP contribution in [0.4, 0.5) is 0 Å². The topological polar surface area (TPSA) is 134 Å². The Bertz CT molecular complexity index is 2080. The molecule has 358 valence electrons. The first-order valence-electron chi connectivity index (χ1n) is 25.6. The summed E-state index contributed by atoms with van der Waals surface area (Å²) in [6.07, 6.45) is 21.1. The lowest BCUT2D eigenvalue weighted by Crippen LogP contribution is -2.31. The molecule has 10 heteroatoms. The van der Waals surface area contributed by atoms with E-state index in [1.165, 1.54) is 69.7 Å². The van der Waals surface area contributed by atoms with Crippen LogP contribution in [-0.2, 0) is 23.8 Å². The van der Waals surface area contributed by atoms with E-state index in [1.807, 2.05) is 6.92 Å². The fourth-order valence-electron chi connectivity index (χ4n) is 11.8. The second-order valence-corrected chi connectivity index (χ2v) is 21.5. The highest BCUT2D eigenvalue weighted by atomic mass is 16.6. The summed E-state index contributed by atoms with van der Waals surface area (Å²) in [5.41, 5.74) is 9.87. The summed E-state index contributed by atoms with van der Waals surface area (Å²) < 4.78 is 17.2. The zero-order chi connectivity index (χ0) is 46.7. The first kappa shape index (κ1) is 48.9. The summed E-state index contributed by atoms with van der Waals surface area (Å²) in [5.74, 6) is 1.23. The van der Waals surface area contributed by atoms with Crippen LogP contribution in [0.3, 0.4) is 0 Å². The molecule has 4 N–H and O–H groups in total. The van der Waals surface area contributed by atoms with Gasteiger partial charge in [-0.05, 0) is 86.1 Å². The van der Waals surface area contributed by atoms with Crippen molar-refractivity contribution in [2.24, 2.45) is 59.2 Å². The lowest BCUT2D eigenvalue weighted by atomic mass is 9.85. The van der Waals surface area contributed by atoms with E-state index < -0.39 is 11.9 Å². The molecule has 8 bridgehead atoms. The van der Waals surface area contributed by atoms with Crippen LogP contribution >= 0.6 is 0 Å². The zero-order valence-electron chi connectivity index (χ0n) is 41.7. The number of nitrogens with one attached hydrogen (secondary N) is 4. The molecular formula is C55H82N4O6. The van der Waals surface area contributed by atoms with E-state index in [0.29, 0.717) is 35.8 Å². The Hall–Kier alpha value is -4.05. The molecule has 6 aliphatic rings. The number of allylic oxidation sites excluding steroid dienone is 5. The third-order valence-electron chi connectivity index (χ3n) is 16.2. The Labute approximate surface area is 390 Å². The highest BCUT2D eigenvalue weighted by molar-refractivity contribution is 6.24. The van der Waals surface area contributed by atoms with Gasteiger partial charge >= 0.3 is 11.9 Å². The van der Waals surface area contributed by atoms with Crippen molar-refractivity contribution >= 4 is 29.4 Å². The minimum atomic E-state index is -1.12. The number of aromatic nitrogens is 1. The molecule has 0 saturated carbocycles. The van der Waals surface area contributed by atoms with E-state index in [-0.39, 0.29) is 59.9 Å². The molecule has 0 spiro atoms. The van der Waals surface area contributed by atoms with Gasteiger partial charge in [-0.1, -0.05) is 113 Å². The molecule has 65 heavy (non-hydrogen) atoms. The first-order valence-corrected chi connectivity index (χ1v) is 25.6. The predicted octanol–water partition coefficient (Wildman–Crippen LogP) is 11.3. The van der Waals surface area contributed by atoms with Gasteiger partial charge in [0.05, 0.1) is 38.2 Å². The van der Waals surface area contributed by atoms with Crippen molar-refractivity contribution in [1.82, 2.24) is 20.9 Å². The number of ether oxygens (including phenoxy) is 3. The van der Waals surface area contributed by atoms with Crippen molar-refractivity contribution in [1.29, 1.82) is 0 Å². The number of rotatable bonds is 21. The van der Waals surface area contributed by atoms with Gasteiger partial charge < -0.3 is 35.1 Å². The van der Waals surface area contributed by atoms with Crippen molar-refractivity contribution < 1.29 is 28.6 Å². The molecule has 3 fully saturated rings. The van der Waals surface area contributed by atoms with E-state index in [4.69, 9.17) is 14.2 Å². The summed E-state index contributed by atoms with van der Waals surface area (Å²) in [7, 11) is 1.34. The zero-order valence-corrected chi connectivity index (χ0v) is 41.7. The van der Waals surface area contributed by atoms with Gasteiger partial charge in [0.25, 0.3) is 0 Å². The molecular weight excluding hydrogens is 813 g/mol. The Kier molecular flexibility index (Phi) is 16.0. The Morgan fingerprint density at radius 3 is 2.08 bits per heavy atom. The number of aromatic amines is 1. The Morgan fingerprint density at radius 1 is 0.831 bits per heavy atom. The number of hydrogen-bond acceptors (Lipinski definition) is 9. The maximum absolute atomic E-state index is 14.5. The van der Waals surface area contributed by atoms with Crippen LogP contribution in [0.1, 0.15) is 173 Å². The minimum absolute atomic E-state index is 0.0465. The Morgan fingerprint density at radius 2 is 1.46 bits per heavy atom. The molecule has 10 nitrogen and oxygen atoms in total. The summed E-state index contributed by atoms with van der Waals surface area (Å²) in [6, 6.07) is 0.0573. The fourth-order valence-corrected chi connectivity index (χ4v) is 11.8. The average molecular weight is 895 g/mol. The van der Waals surface area contributed by atoms with E-state index >= 15 is 0 Å². The molecule has 7 rings (SSSR count). The second kappa shape index (κ2) is 21.3. The molecule has 5 aliphatic heterocycles. The summed E-state index contributed by atoms with van der Waals surface area (Å²) in [5, 5.41) is 11.4. The monoisotopic (exact) mass is 895 g/mol. The molecule has 0 aromatic carbocycles. The quantitative estimate of drug-likeness (QED) is 0.0540. The summed E-state index contributed by atoms with van der Waals surface area (Å²) in [4.78, 5) is 45.3. The van der Waals surface area contributed by atoms with Gasteiger partial charge in [-0.2, -0.15) is 0 Å². The average Bonchev–Trinajstić information content (AvgIpc) is 3.64. The lowest BCUT2D eigenvalue weighted by Gasteiger charge is -2.20. The molecule has 0 amide bonds. The van der Waals surface area contributed by atoms with Gasteiger partial charge in [-0.25, -0.2) is 0 Å². The molecule has 1 aromatic rings. The molecule has 1 aliphatic carbocycles. The van der Waals surface area contributed by atoms with Gasteiger partial charge in [0.15, 0.2) is 5.78 Å². The SMILES string of the molecule is CC[C@H]1/C2=C/c3[nH]c4c(c3C)C(=O)[C@H](C(=O)OC)/C4=C3/N/C(=C\C4=C(C)[C@@H]([C@@H]5CO5)C(/C=C(\N2)[C@@H]1C)N4)[C@@H](C)[C@@H]3CCC(=O)OCCC(C)CCC[C@H](C)CCC[C@H](C)CCCC(C)C. The molecule has 11 atom stereocenters. The van der Waals surface area contributed by atoms with Gasteiger partial charge in [-0.3, -0.25) is 14.4 Å². The molecule has 6 heterocycles. The molecule has 3 saturated heterocycles. The van der Waals surface area contributed by atoms with Crippen molar-refractivity contribution in [2.45, 2.75) is 165 Å². The van der Waals surface area contributed by atoms with E-state index in [9.17, 15) is 14.4 Å². The lowest BCUT2D eigenvalue weighted by molar-refractivity contribution is -0.144. The second-order valence-electron chi connectivity index (χ2n) is 21.5. The van der Waals surface area contributed by atoms with Crippen LogP contribution in [0.25, 0.3) is 11.6 Å². The third kappa shape index (κ3) is 10.9. The van der Waals surface area contributed by atoms with Gasteiger partial charge in [0.2, 0.25) is 0 Å². The number of esters is 2. The first-order chi connectivity index (χ1) is 31.1. The number of ketones is 1. The summed E-state index contributed by atoms with van der Waals surface area (Å²) >= 11 is 0. The number of Topliss-reactive ketones (excluding diaryl/α,β-unsaturated/α-hetero) is 1. The van der Waals surface area contributed by atoms with Crippen molar-refractivity contribution in [3.63, 3.8) is 0 Å². The van der Waals surface area contributed by atoms with Gasteiger partial charge in [0, 0.05) is 81.3 Å². The van der Waals surface area contributed by atoms with Crippen molar-refractivity contribution in [3.8, 4) is 0 Å². The maximum Gasteiger partial charge on any atom is 0.321 e. The number of hydrogen-bond donors (Lipinski definition) is 4. The smallest absolute Gasteiger partial charge is 0.321 e. The number of epoxide rings is 1. The van der Waals surface area contributed by atoms with Crippen LogP contribution in [0.5, 0.6) is 0 Å². The fraction of sp³-hybridized carbons (Fsp3) is 0.691. The molecule has 1 aromatic heterocycles. The van der Waals surface area contributed by atoms with Crippen LogP contribution in [0, 0.1) is 66.1 Å². The van der Waals surface area contributed by atoms with Gasteiger partial charge in [0.1, 0.15) is 5.92 Å². The van der Waals surface area contributed by atoms with Crippen molar-refractivity contribution in [2.75, 3.05) is 20.3 Å². The van der Waals surface area contributed by atoms with Gasteiger partial charge in [-0.15, -0.1) is 0 Å². The highest BCUT2D eigenvalue weighted by Gasteiger charge is 2.50. The molecule has 0 radical (unpaired) electrons. The van der Waals surface area contributed by atoms with Crippen LogP contribution in [-0.4, -0.2) is 55.2 Å². The molecule has 2 unspecified atom stereocenters. The normalized spacial score (nSPS) is 31.6.